The first-order valence-electron chi connectivity index (χ1n) is 9.91. The van der Waals surface area contributed by atoms with Gasteiger partial charge < -0.3 is 5.32 Å². The van der Waals surface area contributed by atoms with Crippen LogP contribution in [0.15, 0.2) is 41.3 Å². The fourth-order valence-electron chi connectivity index (χ4n) is 4.64. The number of anilines is 1. The highest BCUT2D eigenvalue weighted by Crippen LogP contribution is 2.46. The lowest BCUT2D eigenvalue weighted by Gasteiger charge is -2.27. The summed E-state index contributed by atoms with van der Waals surface area (Å²) in [5.41, 5.74) is 0.0375. The summed E-state index contributed by atoms with van der Waals surface area (Å²) < 4.78 is 53.1. The molecule has 0 radical (unpaired) electrons. The molecule has 4 rings (SSSR count). The number of amides is 1. The normalized spacial score (nSPS) is 25.5. The maximum atomic E-state index is 13.4. The molecule has 2 aromatic rings. The number of nitrogens with one attached hydrogen (secondary N) is 1. The van der Waals surface area contributed by atoms with E-state index in [0.717, 1.165) is 12.1 Å². The van der Waals surface area contributed by atoms with E-state index in [4.69, 9.17) is 11.6 Å². The summed E-state index contributed by atoms with van der Waals surface area (Å²) in [6, 6.07) is 6.76. The molecule has 164 valence electrons. The minimum Gasteiger partial charge on any atom is -0.322 e. The van der Waals surface area contributed by atoms with Gasteiger partial charge in [0.1, 0.15) is 5.78 Å². The summed E-state index contributed by atoms with van der Waals surface area (Å²) in [5, 5.41) is 1.66. The number of sulfone groups is 1. The third-order valence-corrected chi connectivity index (χ3v) is 8.95. The molecule has 2 bridgehead atoms. The zero-order valence-electron chi connectivity index (χ0n) is 16.6. The number of benzene rings is 2. The van der Waals surface area contributed by atoms with E-state index >= 15 is 0 Å². The van der Waals surface area contributed by atoms with Crippen LogP contribution >= 0.6 is 11.6 Å². The summed E-state index contributed by atoms with van der Waals surface area (Å²) in [4.78, 5) is 24.7. The second kappa shape index (κ2) is 7.98. The lowest BCUT2D eigenvalue weighted by atomic mass is 9.86. The molecule has 2 saturated carbocycles. The van der Waals surface area contributed by atoms with E-state index in [9.17, 15) is 26.8 Å². The Morgan fingerprint density at radius 2 is 1.81 bits per heavy atom. The molecule has 0 aromatic heterocycles. The molecular weight excluding hydrogens is 448 g/mol. The molecular formula is C22H20ClF2NO4S. The van der Waals surface area contributed by atoms with Crippen molar-refractivity contribution in [2.24, 2.45) is 17.8 Å². The third kappa shape index (κ3) is 3.99. The average molecular weight is 468 g/mol. The fraction of sp³-hybridized carbons (Fsp3) is 0.364. The van der Waals surface area contributed by atoms with Crippen molar-refractivity contribution >= 4 is 38.8 Å². The van der Waals surface area contributed by atoms with E-state index in [1.54, 1.807) is 0 Å². The summed E-state index contributed by atoms with van der Waals surface area (Å²) in [5.74, 6) is -3.08. The number of ketones is 1. The molecule has 0 spiro atoms. The van der Waals surface area contributed by atoms with Crippen LogP contribution in [-0.4, -0.2) is 25.4 Å². The minimum absolute atomic E-state index is 0.0101. The Morgan fingerprint density at radius 1 is 1.06 bits per heavy atom. The van der Waals surface area contributed by atoms with Crippen LogP contribution < -0.4 is 5.32 Å². The van der Waals surface area contributed by atoms with Gasteiger partial charge in [0, 0.05) is 29.2 Å². The van der Waals surface area contributed by atoms with Crippen LogP contribution in [0.4, 0.5) is 14.5 Å². The zero-order valence-corrected chi connectivity index (χ0v) is 18.1. The molecule has 0 heterocycles. The topological polar surface area (TPSA) is 80.3 Å². The van der Waals surface area contributed by atoms with Gasteiger partial charge >= 0.3 is 0 Å². The van der Waals surface area contributed by atoms with E-state index in [2.05, 4.69) is 5.32 Å². The number of rotatable bonds is 4. The van der Waals surface area contributed by atoms with Gasteiger partial charge in [-0.1, -0.05) is 18.5 Å². The quantitative estimate of drug-likeness (QED) is 0.709. The first-order valence-corrected chi connectivity index (χ1v) is 11.8. The summed E-state index contributed by atoms with van der Waals surface area (Å²) >= 11 is 6.18. The second-order valence-electron chi connectivity index (χ2n) is 8.29. The Balaban J connectivity index is 1.60. The Bertz CT molecular complexity index is 1180. The van der Waals surface area contributed by atoms with Crippen molar-refractivity contribution in [3.63, 3.8) is 0 Å². The predicted molar refractivity (Wildman–Crippen MR) is 112 cm³/mol. The highest BCUT2D eigenvalue weighted by atomic mass is 35.5. The number of hydrogen-bond donors (Lipinski definition) is 1. The van der Waals surface area contributed by atoms with Crippen molar-refractivity contribution in [2.45, 2.75) is 36.3 Å². The largest absolute Gasteiger partial charge is 0.322 e. The molecule has 2 unspecified atom stereocenters. The van der Waals surface area contributed by atoms with Gasteiger partial charge in [0.05, 0.1) is 15.2 Å². The lowest BCUT2D eigenvalue weighted by Crippen LogP contribution is -2.35. The third-order valence-electron chi connectivity index (χ3n) is 6.29. The standard InChI is InChI=1S/C22H20ClF2NO4S/c1-11-6-13-7-15(10-16(11)21(13)27)31(29,30)20-8-12(2-4-17(20)23)22(28)26-14-3-5-18(24)19(25)9-14/h2-5,8-9,11,13,15-16H,6-7,10H2,1H3,(H,26,28)/t11-,13?,15+,16?/m0/s1. The van der Waals surface area contributed by atoms with Crippen molar-refractivity contribution < 1.29 is 26.8 Å². The number of carbonyl (C=O) groups excluding carboxylic acids is 2. The van der Waals surface area contributed by atoms with Crippen LogP contribution in [0.3, 0.4) is 0 Å². The Labute approximate surface area is 183 Å². The minimum atomic E-state index is -3.88. The number of Topliss-reactive ketones (excluding diaryl/α,β-unsaturated/α-hetero) is 1. The van der Waals surface area contributed by atoms with E-state index < -0.39 is 32.6 Å². The highest BCUT2D eigenvalue weighted by molar-refractivity contribution is 7.92. The Kier molecular flexibility index (Phi) is 5.64. The van der Waals surface area contributed by atoms with Crippen molar-refractivity contribution in [2.75, 3.05) is 5.32 Å². The summed E-state index contributed by atoms with van der Waals surface area (Å²) in [6.45, 7) is 1.97. The van der Waals surface area contributed by atoms with Gasteiger partial charge in [0.25, 0.3) is 5.91 Å². The van der Waals surface area contributed by atoms with E-state index in [-0.39, 0.29) is 57.5 Å². The van der Waals surface area contributed by atoms with Gasteiger partial charge in [-0.15, -0.1) is 0 Å². The molecule has 1 amide bonds. The first kappa shape index (κ1) is 21.9. The monoisotopic (exact) mass is 467 g/mol. The van der Waals surface area contributed by atoms with Crippen LogP contribution in [0.25, 0.3) is 0 Å². The molecule has 0 aliphatic heterocycles. The zero-order chi connectivity index (χ0) is 22.5. The molecule has 2 aromatic carbocycles. The van der Waals surface area contributed by atoms with Gasteiger partial charge in [0.2, 0.25) is 0 Å². The van der Waals surface area contributed by atoms with E-state index in [1.807, 2.05) is 6.92 Å². The first-order chi connectivity index (χ1) is 14.6. The van der Waals surface area contributed by atoms with Gasteiger partial charge in [-0.25, -0.2) is 17.2 Å². The molecule has 2 fully saturated rings. The maximum Gasteiger partial charge on any atom is 0.255 e. The average Bonchev–Trinajstić information content (AvgIpc) is 2.87. The lowest BCUT2D eigenvalue weighted by molar-refractivity contribution is -0.126. The SMILES string of the molecule is C[C@H]1CC2C[C@@H](S(=O)(=O)c3cc(C(=O)Nc4ccc(F)c(F)c4)ccc3Cl)CC1C2=O. The Hall–Kier alpha value is -2.32. The highest BCUT2D eigenvalue weighted by Gasteiger charge is 2.49. The van der Waals surface area contributed by atoms with Crippen LogP contribution in [0.5, 0.6) is 0 Å². The van der Waals surface area contributed by atoms with Gasteiger partial charge in [0.15, 0.2) is 21.5 Å². The van der Waals surface area contributed by atoms with Crippen molar-refractivity contribution in [1.82, 2.24) is 0 Å². The van der Waals surface area contributed by atoms with Crippen LogP contribution in [0.2, 0.25) is 5.02 Å². The molecule has 2 aliphatic rings. The van der Waals surface area contributed by atoms with Crippen LogP contribution in [0.1, 0.15) is 36.5 Å². The molecule has 4 atom stereocenters. The molecule has 1 N–H and O–H groups in total. The van der Waals surface area contributed by atoms with Crippen molar-refractivity contribution in [3.8, 4) is 0 Å². The number of hydrogen-bond acceptors (Lipinski definition) is 4. The smallest absolute Gasteiger partial charge is 0.255 e. The van der Waals surface area contributed by atoms with Crippen molar-refractivity contribution in [1.29, 1.82) is 0 Å². The summed E-state index contributed by atoms with van der Waals surface area (Å²) in [6.07, 6.45) is 1.20. The van der Waals surface area contributed by atoms with Crippen LogP contribution in [-0.2, 0) is 14.6 Å². The number of fused-ring (bicyclic) bond motifs is 2. The predicted octanol–water partition coefficient (Wildman–Crippen LogP) is 4.65. The maximum absolute atomic E-state index is 13.4. The van der Waals surface area contributed by atoms with Gasteiger partial charge in [-0.2, -0.15) is 0 Å². The summed E-state index contributed by atoms with van der Waals surface area (Å²) in [7, 11) is -3.88. The van der Waals surface area contributed by atoms with E-state index in [0.29, 0.717) is 6.42 Å². The van der Waals surface area contributed by atoms with Gasteiger partial charge in [-0.3, -0.25) is 9.59 Å². The molecule has 31 heavy (non-hydrogen) atoms. The molecule has 2 aliphatic carbocycles. The molecule has 0 saturated heterocycles. The van der Waals surface area contributed by atoms with Crippen molar-refractivity contribution in [3.05, 3.63) is 58.6 Å². The second-order valence-corrected chi connectivity index (χ2v) is 10.9. The van der Waals surface area contributed by atoms with Gasteiger partial charge in [-0.05, 0) is 55.5 Å². The number of carbonyl (C=O) groups is 2. The Morgan fingerprint density at radius 3 is 2.48 bits per heavy atom. The molecule has 5 nitrogen and oxygen atoms in total. The molecule has 9 heteroatoms. The number of halogens is 3. The fourth-order valence-corrected chi connectivity index (χ4v) is 7.02. The van der Waals surface area contributed by atoms with E-state index in [1.165, 1.54) is 24.3 Å². The van der Waals surface area contributed by atoms with Crippen LogP contribution in [0, 0.1) is 29.4 Å².